The van der Waals surface area contributed by atoms with Crippen LogP contribution in [-0.4, -0.2) is 42.9 Å². The Hall–Kier alpha value is -4.82. The number of fused-ring (bicyclic) bond motifs is 1. The largest absolute Gasteiger partial charge is 0.507 e. The second-order valence-corrected chi connectivity index (χ2v) is 11.4. The maximum atomic E-state index is 14.2. The van der Waals surface area contributed by atoms with Gasteiger partial charge in [0.05, 0.1) is 24.2 Å². The Morgan fingerprint density at radius 3 is 2.37 bits per heavy atom. The Bertz CT molecular complexity index is 1770. The van der Waals surface area contributed by atoms with Crippen LogP contribution < -0.4 is 9.80 Å². The number of aryl methyl sites for hydroxylation is 3. The third-order valence-corrected chi connectivity index (χ3v) is 7.90. The number of aromatic hydroxyl groups is 1. The molecule has 1 aliphatic rings. The van der Waals surface area contributed by atoms with E-state index in [1.807, 2.05) is 0 Å². The number of carboxylic acids is 1. The van der Waals surface area contributed by atoms with Crippen molar-refractivity contribution >= 4 is 17.6 Å². The van der Waals surface area contributed by atoms with Crippen LogP contribution in [0.2, 0.25) is 0 Å². The summed E-state index contributed by atoms with van der Waals surface area (Å²) in [6, 6.07) is 9.46. The number of anilines is 2. The molecule has 1 aromatic heterocycles. The molecular formula is C31H30F6N6O3. The number of rotatable bonds is 7. The summed E-state index contributed by atoms with van der Waals surface area (Å²) in [6.07, 6.45) is -8.45. The van der Waals surface area contributed by atoms with Crippen molar-refractivity contribution in [1.82, 2.24) is 20.2 Å². The van der Waals surface area contributed by atoms with E-state index < -0.39 is 41.2 Å². The molecule has 0 bridgehead atoms. The van der Waals surface area contributed by atoms with Gasteiger partial charge in [-0.05, 0) is 84.5 Å². The van der Waals surface area contributed by atoms with E-state index >= 15 is 0 Å². The molecule has 2 N–H and O–H groups in total. The van der Waals surface area contributed by atoms with Crippen LogP contribution in [0, 0.1) is 13.8 Å². The minimum Gasteiger partial charge on any atom is -0.507 e. The molecule has 3 aromatic carbocycles. The summed E-state index contributed by atoms with van der Waals surface area (Å²) in [5.41, 5.74) is -0.259. The molecule has 1 aliphatic heterocycles. The van der Waals surface area contributed by atoms with Gasteiger partial charge in [-0.3, -0.25) is 0 Å². The molecular weight excluding hydrogens is 618 g/mol. The minimum absolute atomic E-state index is 0.0247. The molecule has 9 nitrogen and oxygen atoms in total. The van der Waals surface area contributed by atoms with Gasteiger partial charge in [-0.15, -0.1) is 5.10 Å². The zero-order valence-electron chi connectivity index (χ0n) is 25.0. The Kier molecular flexibility index (Phi) is 8.62. The number of aromatic carboxylic acids is 1. The van der Waals surface area contributed by atoms with Crippen LogP contribution in [0.3, 0.4) is 0 Å². The molecule has 0 fully saturated rings. The molecule has 244 valence electrons. The van der Waals surface area contributed by atoms with E-state index in [1.165, 1.54) is 43.0 Å². The average molecular weight is 649 g/mol. The molecule has 0 radical (unpaired) electrons. The first-order chi connectivity index (χ1) is 21.5. The first kappa shape index (κ1) is 32.6. The van der Waals surface area contributed by atoms with Crippen LogP contribution >= 0.6 is 0 Å². The van der Waals surface area contributed by atoms with Gasteiger partial charge in [-0.25, -0.2) is 4.79 Å². The lowest BCUT2D eigenvalue weighted by Gasteiger charge is -2.33. The van der Waals surface area contributed by atoms with E-state index in [4.69, 9.17) is 0 Å². The molecule has 0 saturated heterocycles. The van der Waals surface area contributed by atoms with E-state index in [9.17, 15) is 41.4 Å². The van der Waals surface area contributed by atoms with Crippen LogP contribution in [0.5, 0.6) is 5.75 Å². The molecule has 0 aliphatic carbocycles. The number of carboxylic acid groups (broad SMARTS) is 1. The second-order valence-electron chi connectivity index (χ2n) is 11.4. The van der Waals surface area contributed by atoms with Crippen LogP contribution in [0.4, 0.5) is 38.0 Å². The van der Waals surface area contributed by atoms with E-state index in [0.29, 0.717) is 35.1 Å². The van der Waals surface area contributed by atoms with Gasteiger partial charge in [0.1, 0.15) is 11.3 Å². The molecule has 46 heavy (non-hydrogen) atoms. The summed E-state index contributed by atoms with van der Waals surface area (Å²) in [7, 11) is 1.52. The highest BCUT2D eigenvalue weighted by Crippen LogP contribution is 2.44. The topological polar surface area (TPSA) is 108 Å². The van der Waals surface area contributed by atoms with Gasteiger partial charge in [-0.1, -0.05) is 28.9 Å². The Morgan fingerprint density at radius 1 is 1.00 bits per heavy atom. The minimum atomic E-state index is -4.68. The van der Waals surface area contributed by atoms with Crippen LogP contribution in [0.25, 0.3) is 0 Å². The fraction of sp³-hybridized carbons (Fsp3) is 0.355. The van der Waals surface area contributed by atoms with Crippen molar-refractivity contribution < 1.29 is 41.4 Å². The smallest absolute Gasteiger partial charge is 0.416 e. The molecule has 2 heterocycles. The van der Waals surface area contributed by atoms with Crippen molar-refractivity contribution in [3.63, 3.8) is 0 Å². The molecule has 0 spiro atoms. The van der Waals surface area contributed by atoms with Gasteiger partial charge in [0.2, 0.25) is 0 Å². The molecule has 0 amide bonds. The molecule has 0 saturated carbocycles. The Balaban J connectivity index is 1.65. The lowest BCUT2D eigenvalue weighted by Crippen LogP contribution is -2.30. The highest BCUT2D eigenvalue weighted by molar-refractivity contribution is 5.91. The average Bonchev–Trinajstić information content (AvgIpc) is 3.31. The van der Waals surface area contributed by atoms with Crippen molar-refractivity contribution in [3.8, 4) is 5.75 Å². The molecule has 1 atom stereocenters. The summed E-state index contributed by atoms with van der Waals surface area (Å²) in [4.78, 5) is 16.2. The number of phenols is 1. The van der Waals surface area contributed by atoms with Crippen molar-refractivity contribution in [2.75, 3.05) is 16.3 Å². The Morgan fingerprint density at radius 2 is 1.74 bits per heavy atom. The van der Waals surface area contributed by atoms with Gasteiger partial charge < -0.3 is 20.0 Å². The lowest BCUT2D eigenvalue weighted by molar-refractivity contribution is -0.138. The van der Waals surface area contributed by atoms with Crippen molar-refractivity contribution in [1.29, 1.82) is 0 Å². The highest BCUT2D eigenvalue weighted by atomic mass is 19.4. The van der Waals surface area contributed by atoms with Crippen LogP contribution in [0.1, 0.15) is 68.2 Å². The van der Waals surface area contributed by atoms with E-state index in [2.05, 4.69) is 15.4 Å². The number of hydrogen-bond acceptors (Lipinski definition) is 7. The quantitative estimate of drug-likeness (QED) is 0.211. The lowest BCUT2D eigenvalue weighted by atomic mass is 9.94. The zero-order chi connectivity index (χ0) is 33.6. The number of alkyl halides is 6. The summed E-state index contributed by atoms with van der Waals surface area (Å²) in [5.74, 6) is -1.72. The van der Waals surface area contributed by atoms with E-state index in [1.54, 1.807) is 22.8 Å². The van der Waals surface area contributed by atoms with Crippen LogP contribution in [0.15, 0.2) is 48.5 Å². The summed E-state index contributed by atoms with van der Waals surface area (Å²) in [5, 5.41) is 31.8. The number of hydrogen-bond donors (Lipinski definition) is 2. The van der Waals surface area contributed by atoms with Gasteiger partial charge in [0.15, 0.2) is 0 Å². The number of benzene rings is 3. The predicted octanol–water partition coefficient (Wildman–Crippen LogP) is 6.82. The van der Waals surface area contributed by atoms with E-state index in [0.717, 1.165) is 18.2 Å². The number of nitrogens with zero attached hydrogens (tertiary/aromatic N) is 6. The number of aromatic nitrogens is 4. The normalized spacial score (nSPS) is 15.4. The third kappa shape index (κ3) is 6.87. The predicted molar refractivity (Wildman–Crippen MR) is 155 cm³/mol. The maximum absolute atomic E-state index is 14.2. The summed E-state index contributed by atoms with van der Waals surface area (Å²) in [6.45, 7) is 3.09. The second kappa shape index (κ2) is 12.2. The monoisotopic (exact) mass is 648 g/mol. The fourth-order valence-corrected chi connectivity index (χ4v) is 5.90. The molecule has 4 aromatic rings. The maximum Gasteiger partial charge on any atom is 0.416 e. The van der Waals surface area contributed by atoms with Crippen LogP contribution in [-0.2, 0) is 32.5 Å². The third-order valence-electron chi connectivity index (χ3n) is 7.90. The van der Waals surface area contributed by atoms with Crippen molar-refractivity contribution in [2.45, 2.75) is 58.2 Å². The first-order valence-corrected chi connectivity index (χ1v) is 14.2. The molecule has 5 rings (SSSR count). The summed E-state index contributed by atoms with van der Waals surface area (Å²) >= 11 is 0. The van der Waals surface area contributed by atoms with Crippen molar-refractivity contribution in [2.24, 2.45) is 7.05 Å². The van der Waals surface area contributed by atoms with Gasteiger partial charge >= 0.3 is 18.3 Å². The van der Waals surface area contributed by atoms with Crippen molar-refractivity contribution in [3.05, 3.63) is 93.0 Å². The van der Waals surface area contributed by atoms with Gasteiger partial charge in [0.25, 0.3) is 5.95 Å². The highest BCUT2D eigenvalue weighted by Gasteiger charge is 2.37. The van der Waals surface area contributed by atoms with E-state index in [-0.39, 0.29) is 42.4 Å². The first-order valence-electron chi connectivity index (χ1n) is 14.2. The fourth-order valence-electron chi connectivity index (χ4n) is 5.90. The SMILES string of the molecule is Cc1cc(CN(c2nnn(C)n2)[C@H]2CCCN(Cc3ccc(O)c(C(=O)O)c3)c3cc(C(F)(F)F)c(C)cc32)cc(C(F)(F)F)c1. The number of halogens is 6. The molecule has 15 heteroatoms. The van der Waals surface area contributed by atoms with Gasteiger partial charge in [0, 0.05) is 25.3 Å². The van der Waals surface area contributed by atoms with Gasteiger partial charge in [-0.2, -0.15) is 31.1 Å². The number of carbonyl (C=O) groups is 1. The molecule has 0 unspecified atom stereocenters. The number of tetrazole rings is 1. The Labute approximate surface area is 259 Å². The zero-order valence-corrected chi connectivity index (χ0v) is 25.0. The summed E-state index contributed by atoms with van der Waals surface area (Å²) < 4.78 is 83.7. The standard InChI is InChI=1S/C31H30F6N6O3/c1-17-9-20(12-21(10-17)30(32,33)34)16-43(29-38-40-41(3)39-29)25-5-4-8-42(15-19-6-7-27(44)23(13-19)28(45)46)26-14-24(31(35,36)37)18(2)11-22(25)26/h6-7,9-14,25,44H,4-5,8,15-16H2,1-3H3,(H,45,46)/t25-/m0/s1.